The summed E-state index contributed by atoms with van der Waals surface area (Å²) in [7, 11) is 1.90. The summed E-state index contributed by atoms with van der Waals surface area (Å²) < 4.78 is 0. The molecule has 0 atom stereocenters. The van der Waals surface area contributed by atoms with E-state index in [0.717, 1.165) is 27.5 Å². The van der Waals surface area contributed by atoms with E-state index in [1.807, 2.05) is 37.4 Å². The lowest BCUT2D eigenvalue weighted by molar-refractivity contribution is 1.49. The molecule has 0 saturated carbocycles. The largest absolute Gasteiger partial charge is 0.388 e. The van der Waals surface area contributed by atoms with Crippen molar-refractivity contribution in [2.45, 2.75) is 0 Å². The fraction of sp³-hybridized carbons (Fsp3) is 0.0714. The minimum atomic E-state index is 0.688. The van der Waals surface area contributed by atoms with Gasteiger partial charge < -0.3 is 10.3 Å². The molecule has 0 fully saturated rings. The number of aromatic amines is 1. The highest BCUT2D eigenvalue weighted by Crippen LogP contribution is 2.28. The molecule has 3 heteroatoms. The van der Waals surface area contributed by atoms with Crippen LogP contribution >= 0.6 is 0 Å². The average Bonchev–Trinajstić information content (AvgIpc) is 2.75. The molecule has 3 rings (SSSR count). The quantitative estimate of drug-likeness (QED) is 0.662. The first kappa shape index (κ1) is 9.73. The van der Waals surface area contributed by atoms with Crippen molar-refractivity contribution < 1.29 is 0 Å². The predicted octanol–water partition coefficient (Wildman–Crippen LogP) is 3.23. The van der Waals surface area contributed by atoms with Gasteiger partial charge in [-0.25, -0.2) is 0 Å². The lowest BCUT2D eigenvalue weighted by Gasteiger charge is -1.99. The van der Waals surface area contributed by atoms with Gasteiger partial charge in [0.05, 0.1) is 11.6 Å². The van der Waals surface area contributed by atoms with Gasteiger partial charge in [0.25, 0.3) is 0 Å². The lowest BCUT2D eigenvalue weighted by atomic mass is 10.1. The molecule has 3 nitrogen and oxygen atoms in total. The molecule has 0 radical (unpaired) electrons. The van der Waals surface area contributed by atoms with Crippen molar-refractivity contribution in [1.82, 2.24) is 4.98 Å². The van der Waals surface area contributed by atoms with Gasteiger partial charge in [-0.1, -0.05) is 0 Å². The van der Waals surface area contributed by atoms with Crippen molar-refractivity contribution in [1.29, 1.82) is 5.26 Å². The van der Waals surface area contributed by atoms with Crippen LogP contribution in [0.5, 0.6) is 0 Å². The molecule has 82 valence electrons. The first-order valence-electron chi connectivity index (χ1n) is 5.45. The van der Waals surface area contributed by atoms with Crippen LogP contribution in [-0.2, 0) is 0 Å². The summed E-state index contributed by atoms with van der Waals surface area (Å²) in [4.78, 5) is 3.34. The third-order valence-corrected chi connectivity index (χ3v) is 3.02. The van der Waals surface area contributed by atoms with Gasteiger partial charge in [-0.05, 0) is 36.4 Å². The van der Waals surface area contributed by atoms with Crippen molar-refractivity contribution in [2.24, 2.45) is 0 Å². The standard InChI is InChI=1S/C14H11N3/c1-16-10-3-5-14-12(7-10)11-6-9(8-15)2-4-13(11)17-14/h2-7,16-17H,1H3. The molecule has 0 amide bonds. The Bertz CT molecular complexity index is 747. The number of nitrogens with one attached hydrogen (secondary N) is 2. The third kappa shape index (κ3) is 1.42. The van der Waals surface area contributed by atoms with E-state index in [1.54, 1.807) is 0 Å². The molecule has 0 spiro atoms. The molecule has 0 saturated heterocycles. The fourth-order valence-electron chi connectivity index (χ4n) is 2.12. The van der Waals surface area contributed by atoms with Crippen LogP contribution in [0.1, 0.15) is 5.56 Å². The molecule has 0 aliphatic rings. The van der Waals surface area contributed by atoms with Gasteiger partial charge in [0.1, 0.15) is 0 Å². The van der Waals surface area contributed by atoms with Crippen molar-refractivity contribution in [2.75, 3.05) is 12.4 Å². The Morgan fingerprint density at radius 1 is 1.06 bits per heavy atom. The zero-order valence-electron chi connectivity index (χ0n) is 9.41. The fourth-order valence-corrected chi connectivity index (χ4v) is 2.12. The van der Waals surface area contributed by atoms with Crippen LogP contribution in [-0.4, -0.2) is 12.0 Å². The van der Waals surface area contributed by atoms with Crippen molar-refractivity contribution in [3.8, 4) is 6.07 Å². The normalized spacial score (nSPS) is 10.6. The Morgan fingerprint density at radius 3 is 2.47 bits per heavy atom. The number of benzene rings is 2. The van der Waals surface area contributed by atoms with Crippen LogP contribution in [0.4, 0.5) is 5.69 Å². The molecule has 1 aromatic heterocycles. The second-order valence-corrected chi connectivity index (χ2v) is 4.01. The van der Waals surface area contributed by atoms with E-state index in [1.165, 1.54) is 0 Å². The highest BCUT2D eigenvalue weighted by Gasteiger charge is 2.05. The van der Waals surface area contributed by atoms with E-state index in [9.17, 15) is 0 Å². The van der Waals surface area contributed by atoms with Crippen LogP contribution in [0.2, 0.25) is 0 Å². The minimum absolute atomic E-state index is 0.688. The maximum Gasteiger partial charge on any atom is 0.0991 e. The minimum Gasteiger partial charge on any atom is -0.388 e. The number of nitrogens with zero attached hydrogens (tertiary/aromatic N) is 1. The number of hydrogen-bond acceptors (Lipinski definition) is 2. The zero-order valence-corrected chi connectivity index (χ0v) is 9.41. The topological polar surface area (TPSA) is 51.6 Å². The number of anilines is 1. The summed E-state index contributed by atoms with van der Waals surface area (Å²) in [6, 6.07) is 14.1. The van der Waals surface area contributed by atoms with Crippen LogP contribution in [0.15, 0.2) is 36.4 Å². The van der Waals surface area contributed by atoms with Gasteiger partial charge >= 0.3 is 0 Å². The molecule has 1 heterocycles. The zero-order chi connectivity index (χ0) is 11.8. The lowest BCUT2D eigenvalue weighted by Crippen LogP contribution is -1.85. The smallest absolute Gasteiger partial charge is 0.0991 e. The highest BCUT2D eigenvalue weighted by molar-refractivity contribution is 6.08. The Labute approximate surface area is 98.7 Å². The number of fused-ring (bicyclic) bond motifs is 3. The van der Waals surface area contributed by atoms with Crippen LogP contribution < -0.4 is 5.32 Å². The van der Waals surface area contributed by atoms with Gasteiger partial charge in [-0.3, -0.25) is 0 Å². The second-order valence-electron chi connectivity index (χ2n) is 4.01. The van der Waals surface area contributed by atoms with Crippen molar-refractivity contribution in [3.05, 3.63) is 42.0 Å². The van der Waals surface area contributed by atoms with E-state index in [4.69, 9.17) is 5.26 Å². The summed E-state index contributed by atoms with van der Waals surface area (Å²) in [5.74, 6) is 0. The monoisotopic (exact) mass is 221 g/mol. The van der Waals surface area contributed by atoms with E-state index >= 15 is 0 Å². The van der Waals surface area contributed by atoms with E-state index in [0.29, 0.717) is 5.56 Å². The van der Waals surface area contributed by atoms with Crippen LogP contribution in [0.25, 0.3) is 21.8 Å². The molecule has 2 N–H and O–H groups in total. The molecule has 17 heavy (non-hydrogen) atoms. The number of rotatable bonds is 1. The molecule has 0 aliphatic carbocycles. The summed E-state index contributed by atoms with van der Waals surface area (Å²) >= 11 is 0. The first-order chi connectivity index (χ1) is 8.31. The summed E-state index contributed by atoms with van der Waals surface area (Å²) in [5.41, 5.74) is 3.91. The Morgan fingerprint density at radius 2 is 1.76 bits per heavy atom. The van der Waals surface area contributed by atoms with Gasteiger partial charge in [0, 0.05) is 34.5 Å². The summed E-state index contributed by atoms with van der Waals surface area (Å²) in [6.45, 7) is 0. The SMILES string of the molecule is CNc1ccc2[nH]c3ccc(C#N)cc3c2c1. The third-order valence-electron chi connectivity index (χ3n) is 3.02. The van der Waals surface area contributed by atoms with E-state index < -0.39 is 0 Å². The predicted molar refractivity (Wildman–Crippen MR) is 70.1 cm³/mol. The summed E-state index contributed by atoms with van der Waals surface area (Å²) in [6.07, 6.45) is 0. The number of H-pyrrole nitrogens is 1. The van der Waals surface area contributed by atoms with Gasteiger partial charge in [0.15, 0.2) is 0 Å². The number of hydrogen-bond donors (Lipinski definition) is 2. The number of nitriles is 1. The molecule has 2 aromatic carbocycles. The van der Waals surface area contributed by atoms with Gasteiger partial charge in [-0.2, -0.15) is 5.26 Å². The van der Waals surface area contributed by atoms with Crippen LogP contribution in [0.3, 0.4) is 0 Å². The Kier molecular flexibility index (Phi) is 2.02. The Hall–Kier alpha value is -2.47. The first-order valence-corrected chi connectivity index (χ1v) is 5.45. The van der Waals surface area contributed by atoms with E-state index in [-0.39, 0.29) is 0 Å². The van der Waals surface area contributed by atoms with Gasteiger partial charge in [-0.15, -0.1) is 0 Å². The molecule has 0 bridgehead atoms. The second kappa shape index (κ2) is 3.53. The maximum atomic E-state index is 8.93. The van der Waals surface area contributed by atoms with Gasteiger partial charge in [0.2, 0.25) is 0 Å². The Balaban J connectivity index is 2.42. The molecular formula is C14H11N3. The van der Waals surface area contributed by atoms with Crippen LogP contribution in [0, 0.1) is 11.3 Å². The van der Waals surface area contributed by atoms with Crippen molar-refractivity contribution in [3.63, 3.8) is 0 Å². The molecule has 0 aliphatic heterocycles. The summed E-state index contributed by atoms with van der Waals surface area (Å²) in [5, 5.41) is 14.3. The molecule has 0 unspecified atom stereocenters. The van der Waals surface area contributed by atoms with E-state index in [2.05, 4.69) is 22.4 Å². The average molecular weight is 221 g/mol. The number of aromatic nitrogens is 1. The highest BCUT2D eigenvalue weighted by atomic mass is 14.8. The molecular weight excluding hydrogens is 210 g/mol. The molecule has 3 aromatic rings. The van der Waals surface area contributed by atoms with Crippen molar-refractivity contribution >= 4 is 27.5 Å². The maximum absolute atomic E-state index is 8.93.